The smallest absolute Gasteiger partial charge is 0.662 e. The van der Waals surface area contributed by atoms with Crippen LogP contribution in [0, 0.1) is 47.3 Å². The summed E-state index contributed by atoms with van der Waals surface area (Å²) >= 11 is 2.28. The Kier molecular flexibility index (Phi) is 48.0. The van der Waals surface area contributed by atoms with Crippen molar-refractivity contribution in [2.75, 3.05) is 35.5 Å². The van der Waals surface area contributed by atoms with Crippen LogP contribution in [-0.4, -0.2) is 188 Å². The number of hydrogen-bond acceptors (Lipinski definition) is 28. The maximum absolute atomic E-state index is 12.2. The number of fused-ring (bicyclic) bond motifs is 2. The molecule has 2 bridgehead atoms. The first-order chi connectivity index (χ1) is 58.8. The van der Waals surface area contributed by atoms with Crippen molar-refractivity contribution >= 4 is 107 Å². The number of alkyl halides is 1. The molecule has 5 amide bonds. The molecule has 1 aliphatic heterocycles. The monoisotopic (exact) mass is 1850 g/mol. The van der Waals surface area contributed by atoms with Crippen LogP contribution in [0.5, 0.6) is 0 Å². The number of aliphatic carboxylic acids is 2. The number of ether oxygens (including phenoxy) is 11. The van der Waals surface area contributed by atoms with Crippen LogP contribution < -0.4 is 61.4 Å². The Morgan fingerprint density at radius 3 is 1.14 bits per heavy atom. The summed E-state index contributed by atoms with van der Waals surface area (Å²) in [6.45, 7) is 5.78. The Labute approximate surface area is 753 Å². The SMILES string of the molecule is COC(=O)[C@H]1CC=CC[C@H]1C(=O)O.COC(=O)[C@H]1CC=CC[C@H]1C(=O)OC.COC(=O)[C@H]1C[C@@H](O)C=CC1NC(=O)OCc1ccccc1.COC(=O)[C@H]1C[C@H](NC(=O)OC(C)(C)C)C=CC1NC(=O)OCc1ccccc1.O=C(NC1CC=CC[C@@H]1C(=O)O)OCc1ccccc1.O=C(N[C@@H]1C[C@@H](I)[C@H]2C[C@@H]1C(=O)O2)OCc1ccccc1.O=CO[O-].[Na+]. The number of alkyl carbamates (subject to hydrolysis) is 5. The summed E-state index contributed by atoms with van der Waals surface area (Å²) < 4.78 is 54.8. The van der Waals surface area contributed by atoms with Crippen molar-refractivity contribution in [3.63, 3.8) is 0 Å². The van der Waals surface area contributed by atoms with Gasteiger partial charge in [0.15, 0.2) is 0 Å². The van der Waals surface area contributed by atoms with Crippen molar-refractivity contribution in [2.24, 2.45) is 47.3 Å². The number of carbonyl (C=O) groups is 14. The average Bonchev–Trinajstić information content (AvgIpc) is 1.64. The van der Waals surface area contributed by atoms with Gasteiger partial charge >= 0.3 is 108 Å². The van der Waals surface area contributed by atoms with Crippen LogP contribution >= 0.6 is 22.6 Å². The van der Waals surface area contributed by atoms with Gasteiger partial charge in [-0.3, -0.25) is 43.2 Å². The topological polar surface area (TPSA) is 494 Å². The zero-order valence-corrected chi connectivity index (χ0v) is 74.4. The van der Waals surface area contributed by atoms with E-state index in [1.807, 2.05) is 152 Å². The molecule has 7 aliphatic rings. The third-order valence-corrected chi connectivity index (χ3v) is 20.9. The van der Waals surface area contributed by atoms with Crippen molar-refractivity contribution in [3.8, 4) is 0 Å². The zero-order valence-electron chi connectivity index (χ0n) is 70.3. The van der Waals surface area contributed by atoms with Crippen molar-refractivity contribution < 1.29 is 174 Å². The van der Waals surface area contributed by atoms with Crippen molar-refractivity contribution in [3.05, 3.63) is 204 Å². The maximum atomic E-state index is 12.2. The third kappa shape index (κ3) is 37.9. The molecule has 4 aromatic carbocycles. The minimum atomic E-state index is -0.931. The van der Waals surface area contributed by atoms with Crippen LogP contribution in [0.15, 0.2) is 182 Å². The quantitative estimate of drug-likeness (QED) is 0.00526. The van der Waals surface area contributed by atoms with Gasteiger partial charge in [-0.2, -0.15) is 0 Å². The number of rotatable bonds is 21. The van der Waals surface area contributed by atoms with Crippen LogP contribution in [0.2, 0.25) is 0 Å². The summed E-state index contributed by atoms with van der Waals surface area (Å²) in [6, 6.07) is 35.2. The van der Waals surface area contributed by atoms with Crippen molar-refractivity contribution in [1.29, 1.82) is 0 Å². The number of carboxylic acid groups (broad SMARTS) is 2. The largest absolute Gasteiger partial charge is 1.00 e. The van der Waals surface area contributed by atoms with E-state index in [0.29, 0.717) is 44.9 Å². The fourth-order valence-corrected chi connectivity index (χ4v) is 14.3. The summed E-state index contributed by atoms with van der Waals surface area (Å²) in [5, 5.41) is 49.4. The number of benzene rings is 4. The molecular formula is C87H107IN5NaO30. The molecule has 0 aromatic heterocycles. The first-order valence-corrected chi connectivity index (χ1v) is 40.4. The Morgan fingerprint density at radius 2 is 0.766 bits per heavy atom. The van der Waals surface area contributed by atoms with Crippen LogP contribution in [-0.2, 0) is 127 Å². The van der Waals surface area contributed by atoms with Gasteiger partial charge in [0.05, 0.1) is 111 Å². The number of methoxy groups -OCH3 is 5. The van der Waals surface area contributed by atoms with E-state index < -0.39 is 138 Å². The molecule has 8 N–H and O–H groups in total. The first kappa shape index (κ1) is 105. The molecule has 16 atom stereocenters. The average molecular weight is 1850 g/mol. The number of nitrogens with one attached hydrogen (secondary N) is 5. The van der Waals surface area contributed by atoms with E-state index in [9.17, 15) is 67.4 Å². The van der Waals surface area contributed by atoms with Crippen molar-refractivity contribution in [2.45, 2.75) is 163 Å². The van der Waals surface area contributed by atoms with Crippen molar-refractivity contribution in [1.82, 2.24) is 26.6 Å². The Balaban J connectivity index is 0.000000314. The molecule has 1 saturated heterocycles. The summed E-state index contributed by atoms with van der Waals surface area (Å²) in [6.07, 6.45) is 18.8. The molecule has 1 saturated carbocycles. The van der Waals surface area contributed by atoms with Gasteiger partial charge in [0.25, 0.3) is 6.47 Å². The van der Waals surface area contributed by atoms with Gasteiger partial charge < -0.3 is 104 Å². The fourth-order valence-electron chi connectivity index (χ4n) is 13.3. The van der Waals surface area contributed by atoms with E-state index in [0.717, 1.165) is 28.7 Å². The molecule has 2 fully saturated rings. The second-order valence-electron chi connectivity index (χ2n) is 29.3. The summed E-state index contributed by atoms with van der Waals surface area (Å²) in [4.78, 5) is 162. The Hall–Kier alpha value is -11.2. The standard InChI is InChI=1S/C21H28N2O6.C16H19NO5.C15H16INO4.C15H17NO4.C10H14O4.C9H12O4.CH2O3.Na/c1-21(2,3)29-20(26)22-15-10-11-17(16(12-15)18(24)27-4)23-19(25)28-13-14-8-6-5-7-9-14;1-21-15(19)13-9-12(18)7-8-14(13)17-16(20)22-10-11-5-3-2-4-6-11;16-11-7-12(10-6-13(11)21-14(10)18)17-15(19)20-8-9-4-2-1-3-5-9;17-14(18)12-8-4-5-9-13(12)16-15(19)20-10-11-6-2-1-3-7-11;1-13-9(11)7-5-3-4-6-8(7)10(12)14-2;1-13-9(12)7-5-3-2-4-6(7)8(10)11;2-1-4-3;/h5-11,15-17H,12-13H2,1-4H3,(H,22,26)(H,23,25);2-8,12-14,18H,9-10H2,1H3,(H,17,20);1-5,10-13H,6-8H2,(H,17,19);1-7,12-13H,8-10H2,(H,16,19)(H,17,18);3-4,7-8H,5-6H2,1-2H3;2-3,6-7H,4-5H2,1H3,(H,10,11);1,3H;/q;;;;;;;+1/p-1/t15-,16+,17?;12-,13-,14?;10-,11+,12+,13+;12-,13?;7-,8+;6-,7+;;/m1000.1../s1. The van der Waals surface area contributed by atoms with Crippen LogP contribution in [0.25, 0.3) is 0 Å². The predicted molar refractivity (Wildman–Crippen MR) is 443 cm³/mol. The normalized spacial score (nSPS) is 23.6. The number of aliphatic hydroxyl groups is 1. The zero-order chi connectivity index (χ0) is 90.4. The fraction of sp³-hybridized carbons (Fsp3) is 0.448. The third-order valence-electron chi connectivity index (χ3n) is 19.6. The predicted octanol–water partition coefficient (Wildman–Crippen LogP) is 6.25. The molecule has 11 rings (SSSR count). The summed E-state index contributed by atoms with van der Waals surface area (Å²) in [7, 11) is 6.49. The Morgan fingerprint density at radius 1 is 0.435 bits per heavy atom. The van der Waals surface area contributed by atoms with Crippen LogP contribution in [0.3, 0.4) is 0 Å². The van der Waals surface area contributed by atoms with Gasteiger partial charge in [-0.25, -0.2) is 24.0 Å². The van der Waals surface area contributed by atoms with Gasteiger partial charge in [-0.05, 0) is 101 Å². The van der Waals surface area contributed by atoms with Gasteiger partial charge in [0.1, 0.15) is 38.1 Å². The molecule has 6 aliphatic carbocycles. The molecule has 35 nitrogen and oxygen atoms in total. The van der Waals surface area contributed by atoms with E-state index in [2.05, 4.69) is 68.3 Å². The molecule has 0 spiro atoms. The number of amides is 5. The molecule has 0 radical (unpaired) electrons. The maximum Gasteiger partial charge on any atom is 1.00 e. The van der Waals surface area contributed by atoms with Gasteiger partial charge in [-0.15, -0.1) is 0 Å². The second-order valence-corrected chi connectivity index (χ2v) is 30.9. The molecule has 1 heterocycles. The number of halogens is 1. The van der Waals surface area contributed by atoms with E-state index in [-0.39, 0.29) is 115 Å². The number of allylic oxidation sites excluding steroid dienone is 5. The van der Waals surface area contributed by atoms with E-state index in [1.165, 1.54) is 35.5 Å². The summed E-state index contributed by atoms with van der Waals surface area (Å²) in [5.74, 6) is -8.17. The molecule has 3 unspecified atom stereocenters. The van der Waals surface area contributed by atoms with Gasteiger partial charge in [0, 0.05) is 18.5 Å². The Bertz CT molecular complexity index is 4200. The molecule has 124 heavy (non-hydrogen) atoms. The van der Waals surface area contributed by atoms with Gasteiger partial charge in [-0.1, -0.05) is 205 Å². The second kappa shape index (κ2) is 56.6. The molecule has 4 aromatic rings. The van der Waals surface area contributed by atoms with E-state index in [4.69, 9.17) is 58.2 Å². The summed E-state index contributed by atoms with van der Waals surface area (Å²) in [5.41, 5.74) is 2.92. The minimum Gasteiger partial charge on any atom is -0.662 e. The molecular weight excluding hydrogens is 1740 g/mol. The number of carbonyl (C=O) groups excluding carboxylic acids is 12. The first-order valence-electron chi connectivity index (χ1n) is 39.2. The number of carboxylic acids is 2. The van der Waals surface area contributed by atoms with E-state index >= 15 is 0 Å². The van der Waals surface area contributed by atoms with E-state index in [1.54, 1.807) is 51.2 Å². The minimum absolute atomic E-state index is 0. The van der Waals surface area contributed by atoms with Gasteiger partial charge in [0.2, 0.25) is 0 Å². The number of hydrogen-bond donors (Lipinski definition) is 8. The number of aliphatic hydroxyl groups excluding tert-OH is 1. The van der Waals surface area contributed by atoms with Crippen LogP contribution in [0.1, 0.15) is 107 Å². The number of esters is 6. The molecule has 37 heteroatoms. The van der Waals surface area contributed by atoms with Crippen LogP contribution in [0.4, 0.5) is 24.0 Å². The molecule has 668 valence electrons.